The van der Waals surface area contributed by atoms with Crippen LogP contribution in [0.15, 0.2) is 6.33 Å². The lowest BCUT2D eigenvalue weighted by Crippen LogP contribution is -2.28. The topological polar surface area (TPSA) is 56.7 Å². The van der Waals surface area contributed by atoms with Crippen LogP contribution in [-0.4, -0.2) is 20.8 Å². The monoisotopic (exact) mass is 208 g/mol. The Hall–Kier alpha value is -0.900. The van der Waals surface area contributed by atoms with Crippen molar-refractivity contribution in [2.75, 3.05) is 0 Å². The second-order valence-electron chi connectivity index (χ2n) is 4.51. The second kappa shape index (κ2) is 4.75. The first kappa shape index (κ1) is 10.6. The van der Waals surface area contributed by atoms with Gasteiger partial charge in [0.05, 0.1) is 0 Å². The van der Waals surface area contributed by atoms with E-state index in [1.807, 2.05) is 6.33 Å². The van der Waals surface area contributed by atoms with Crippen LogP contribution in [0.2, 0.25) is 0 Å². The molecule has 0 aliphatic heterocycles. The molecule has 2 unspecified atom stereocenters. The molecule has 4 heteroatoms. The minimum absolute atomic E-state index is 0.357. The van der Waals surface area contributed by atoms with E-state index >= 15 is 0 Å². The van der Waals surface area contributed by atoms with Crippen molar-refractivity contribution in [3.63, 3.8) is 0 Å². The standard InChI is InChI=1S/C11H20N4/c1-2-6-15-8-13-14-11(15)9-4-3-5-10(12)7-9/h8-10H,2-7,12H2,1H3. The number of nitrogens with zero attached hydrogens (tertiary/aromatic N) is 3. The van der Waals surface area contributed by atoms with Crippen molar-refractivity contribution < 1.29 is 0 Å². The average Bonchev–Trinajstić information content (AvgIpc) is 2.66. The molecule has 1 aromatic rings. The lowest BCUT2D eigenvalue weighted by Gasteiger charge is -2.26. The molecule has 84 valence electrons. The van der Waals surface area contributed by atoms with Crippen molar-refractivity contribution in [2.45, 2.75) is 57.5 Å². The van der Waals surface area contributed by atoms with E-state index in [4.69, 9.17) is 5.73 Å². The first-order valence-electron chi connectivity index (χ1n) is 5.94. The SMILES string of the molecule is CCCn1cnnc1C1CCCC(N)C1. The van der Waals surface area contributed by atoms with Gasteiger partial charge in [0, 0.05) is 18.5 Å². The van der Waals surface area contributed by atoms with Crippen molar-refractivity contribution >= 4 is 0 Å². The van der Waals surface area contributed by atoms with E-state index in [-0.39, 0.29) is 0 Å². The molecule has 1 saturated carbocycles. The van der Waals surface area contributed by atoms with Gasteiger partial charge in [-0.3, -0.25) is 0 Å². The Kier molecular flexibility index (Phi) is 3.36. The van der Waals surface area contributed by atoms with Gasteiger partial charge in [0.25, 0.3) is 0 Å². The molecule has 2 atom stereocenters. The highest BCUT2D eigenvalue weighted by Crippen LogP contribution is 2.30. The van der Waals surface area contributed by atoms with Gasteiger partial charge in [-0.25, -0.2) is 0 Å². The summed E-state index contributed by atoms with van der Waals surface area (Å²) in [4.78, 5) is 0. The third-order valence-electron chi connectivity index (χ3n) is 3.19. The molecule has 1 aliphatic carbocycles. The second-order valence-corrected chi connectivity index (χ2v) is 4.51. The third kappa shape index (κ3) is 2.37. The van der Waals surface area contributed by atoms with Crippen LogP contribution in [0, 0.1) is 0 Å². The molecule has 1 aliphatic rings. The van der Waals surface area contributed by atoms with Crippen molar-refractivity contribution in [2.24, 2.45) is 5.73 Å². The molecule has 15 heavy (non-hydrogen) atoms. The fraction of sp³-hybridized carbons (Fsp3) is 0.818. The molecule has 0 spiro atoms. The highest BCUT2D eigenvalue weighted by molar-refractivity contribution is 4.99. The summed E-state index contributed by atoms with van der Waals surface area (Å²) >= 11 is 0. The van der Waals surface area contributed by atoms with E-state index in [1.165, 1.54) is 19.3 Å². The first-order chi connectivity index (χ1) is 7.31. The van der Waals surface area contributed by atoms with Gasteiger partial charge in [0.15, 0.2) is 0 Å². The van der Waals surface area contributed by atoms with Crippen LogP contribution in [0.1, 0.15) is 50.8 Å². The summed E-state index contributed by atoms with van der Waals surface area (Å²) in [5, 5.41) is 8.26. The van der Waals surface area contributed by atoms with Crippen molar-refractivity contribution in [1.82, 2.24) is 14.8 Å². The molecule has 1 aromatic heterocycles. The maximum absolute atomic E-state index is 6.00. The Labute approximate surface area is 90.9 Å². The minimum atomic E-state index is 0.357. The number of hydrogen-bond acceptors (Lipinski definition) is 3. The van der Waals surface area contributed by atoms with Crippen LogP contribution in [-0.2, 0) is 6.54 Å². The zero-order valence-corrected chi connectivity index (χ0v) is 9.39. The molecule has 0 amide bonds. The van der Waals surface area contributed by atoms with Gasteiger partial charge >= 0.3 is 0 Å². The lowest BCUT2D eigenvalue weighted by atomic mass is 9.85. The molecule has 1 fully saturated rings. The first-order valence-corrected chi connectivity index (χ1v) is 5.94. The van der Waals surface area contributed by atoms with Crippen molar-refractivity contribution in [1.29, 1.82) is 0 Å². The number of aromatic nitrogens is 3. The highest BCUT2D eigenvalue weighted by atomic mass is 15.3. The average molecular weight is 208 g/mol. The van der Waals surface area contributed by atoms with E-state index in [9.17, 15) is 0 Å². The summed E-state index contributed by atoms with van der Waals surface area (Å²) in [6.07, 6.45) is 7.66. The Balaban J connectivity index is 2.10. The Bertz CT molecular complexity index is 307. The van der Waals surface area contributed by atoms with Crippen LogP contribution >= 0.6 is 0 Å². The highest BCUT2D eigenvalue weighted by Gasteiger charge is 2.24. The molecule has 0 saturated heterocycles. The van der Waals surface area contributed by atoms with Crippen molar-refractivity contribution in [3.05, 3.63) is 12.2 Å². The molecule has 0 bridgehead atoms. The van der Waals surface area contributed by atoms with Crippen LogP contribution in [0.25, 0.3) is 0 Å². The summed E-state index contributed by atoms with van der Waals surface area (Å²) in [6.45, 7) is 3.20. The van der Waals surface area contributed by atoms with E-state index in [2.05, 4.69) is 21.7 Å². The number of hydrogen-bond donors (Lipinski definition) is 1. The number of nitrogens with two attached hydrogens (primary N) is 1. The summed E-state index contributed by atoms with van der Waals surface area (Å²) < 4.78 is 2.18. The fourth-order valence-electron chi connectivity index (χ4n) is 2.46. The maximum atomic E-state index is 6.00. The van der Waals surface area contributed by atoms with Gasteiger partial charge in [-0.1, -0.05) is 13.3 Å². The predicted molar refractivity (Wildman–Crippen MR) is 59.5 cm³/mol. The molecule has 2 rings (SSSR count). The maximum Gasteiger partial charge on any atom is 0.135 e. The number of aryl methyl sites for hydroxylation is 1. The Morgan fingerprint density at radius 2 is 2.40 bits per heavy atom. The molecular formula is C11H20N4. The summed E-state index contributed by atoms with van der Waals surface area (Å²) in [5.74, 6) is 1.68. The van der Waals surface area contributed by atoms with E-state index in [1.54, 1.807) is 0 Å². The summed E-state index contributed by atoms with van der Waals surface area (Å²) in [5.41, 5.74) is 6.00. The molecule has 0 radical (unpaired) electrons. The number of rotatable bonds is 3. The molecule has 1 heterocycles. The zero-order chi connectivity index (χ0) is 10.7. The van der Waals surface area contributed by atoms with Gasteiger partial charge < -0.3 is 10.3 Å². The van der Waals surface area contributed by atoms with E-state index in [0.29, 0.717) is 12.0 Å². The normalized spacial score (nSPS) is 26.8. The van der Waals surface area contributed by atoms with Gasteiger partial charge in [-0.2, -0.15) is 0 Å². The quantitative estimate of drug-likeness (QED) is 0.822. The zero-order valence-electron chi connectivity index (χ0n) is 9.39. The van der Waals surface area contributed by atoms with Crippen molar-refractivity contribution in [3.8, 4) is 0 Å². The van der Waals surface area contributed by atoms with Gasteiger partial charge in [-0.15, -0.1) is 10.2 Å². The van der Waals surface area contributed by atoms with Crippen LogP contribution in [0.4, 0.5) is 0 Å². The smallest absolute Gasteiger partial charge is 0.135 e. The van der Waals surface area contributed by atoms with E-state index in [0.717, 1.165) is 25.2 Å². The lowest BCUT2D eigenvalue weighted by molar-refractivity contribution is 0.372. The predicted octanol–water partition coefficient (Wildman–Crippen LogP) is 1.67. The summed E-state index contributed by atoms with van der Waals surface area (Å²) in [7, 11) is 0. The Morgan fingerprint density at radius 1 is 1.53 bits per heavy atom. The minimum Gasteiger partial charge on any atom is -0.328 e. The molecule has 4 nitrogen and oxygen atoms in total. The molecule has 2 N–H and O–H groups in total. The van der Waals surface area contributed by atoms with Crippen LogP contribution in [0.3, 0.4) is 0 Å². The van der Waals surface area contributed by atoms with E-state index < -0.39 is 0 Å². The van der Waals surface area contributed by atoms with Crippen LogP contribution in [0.5, 0.6) is 0 Å². The molecule has 0 aromatic carbocycles. The van der Waals surface area contributed by atoms with Gasteiger partial charge in [0.2, 0.25) is 0 Å². The van der Waals surface area contributed by atoms with Crippen LogP contribution < -0.4 is 5.73 Å². The van der Waals surface area contributed by atoms with Gasteiger partial charge in [0.1, 0.15) is 12.2 Å². The van der Waals surface area contributed by atoms with Gasteiger partial charge in [-0.05, 0) is 25.7 Å². The fourth-order valence-corrected chi connectivity index (χ4v) is 2.46. The third-order valence-corrected chi connectivity index (χ3v) is 3.19. The Morgan fingerprint density at radius 3 is 3.13 bits per heavy atom. The molecular weight excluding hydrogens is 188 g/mol. The summed E-state index contributed by atoms with van der Waals surface area (Å²) in [6, 6.07) is 0.357. The largest absolute Gasteiger partial charge is 0.328 e.